The van der Waals surface area contributed by atoms with E-state index < -0.39 is 5.69 Å². The van der Waals surface area contributed by atoms with Crippen LogP contribution in [0, 0.1) is 0 Å². The van der Waals surface area contributed by atoms with Gasteiger partial charge in [-0.25, -0.2) is 9.36 Å². The molecule has 0 spiro atoms. The molecule has 4 rings (SSSR count). The summed E-state index contributed by atoms with van der Waals surface area (Å²) in [7, 11) is 0. The Kier molecular flexibility index (Phi) is 2.35. The highest BCUT2D eigenvalue weighted by Crippen LogP contribution is 2.20. The maximum Gasteiger partial charge on any atom is 0.333 e. The Morgan fingerprint density at radius 2 is 1.48 bits per heavy atom. The first-order valence-electron chi connectivity index (χ1n) is 6.57. The van der Waals surface area contributed by atoms with Crippen molar-refractivity contribution in [2.24, 2.45) is 0 Å². The van der Waals surface area contributed by atoms with Gasteiger partial charge in [0.05, 0.1) is 11.2 Å². The van der Waals surface area contributed by atoms with Crippen molar-refractivity contribution < 1.29 is 0 Å². The first-order valence-corrected chi connectivity index (χ1v) is 6.57. The molecule has 5 nitrogen and oxygen atoms in total. The quantitative estimate of drug-likeness (QED) is 0.559. The molecule has 0 aliphatic rings. The molecule has 21 heavy (non-hydrogen) atoms. The minimum Gasteiger partial charge on any atom is -0.349 e. The first-order chi connectivity index (χ1) is 10.3. The summed E-state index contributed by atoms with van der Waals surface area (Å²) in [5, 5.41) is 0.835. The molecule has 0 fully saturated rings. The third kappa shape index (κ3) is 1.64. The Labute approximate surface area is 118 Å². The van der Waals surface area contributed by atoms with Crippen LogP contribution in [-0.4, -0.2) is 14.5 Å². The Morgan fingerprint density at radius 1 is 0.762 bits per heavy atom. The van der Waals surface area contributed by atoms with Crippen LogP contribution in [0.25, 0.3) is 27.6 Å². The molecular weight excluding hydrogens is 266 g/mol. The van der Waals surface area contributed by atoms with E-state index in [4.69, 9.17) is 0 Å². The molecule has 2 N–H and O–H groups in total. The van der Waals surface area contributed by atoms with E-state index in [1.54, 1.807) is 24.3 Å². The number of hydrogen-bond donors (Lipinski definition) is 2. The number of aromatic nitrogens is 3. The molecule has 0 atom stereocenters. The molecule has 0 bridgehead atoms. The molecule has 0 aliphatic carbocycles. The predicted molar refractivity (Wildman–Crippen MR) is 82.0 cm³/mol. The lowest BCUT2D eigenvalue weighted by molar-refractivity contribution is 0.900. The minimum atomic E-state index is -0.441. The molecule has 0 saturated carbocycles. The predicted octanol–water partition coefficient (Wildman–Crippen LogP) is 2.16. The van der Waals surface area contributed by atoms with E-state index in [0.717, 1.165) is 15.5 Å². The van der Waals surface area contributed by atoms with Crippen molar-refractivity contribution in [2.45, 2.75) is 0 Å². The normalized spacial score (nSPS) is 11.2. The van der Waals surface area contributed by atoms with E-state index in [1.165, 1.54) is 0 Å². The molecule has 0 amide bonds. The fraction of sp³-hybridized carbons (Fsp3) is 0. The molecule has 102 valence electrons. The maximum atomic E-state index is 12.6. The summed E-state index contributed by atoms with van der Waals surface area (Å²) < 4.78 is 1.14. The topological polar surface area (TPSA) is 70.7 Å². The highest BCUT2D eigenvalue weighted by atomic mass is 16.2. The van der Waals surface area contributed by atoms with Gasteiger partial charge in [0.25, 0.3) is 5.56 Å². The van der Waals surface area contributed by atoms with Crippen molar-refractivity contribution in [3.05, 3.63) is 75.4 Å². The van der Waals surface area contributed by atoms with Gasteiger partial charge in [-0.2, -0.15) is 0 Å². The van der Waals surface area contributed by atoms with Gasteiger partial charge in [-0.15, -0.1) is 0 Å². The Bertz CT molecular complexity index is 1070. The summed E-state index contributed by atoms with van der Waals surface area (Å²) in [6.07, 6.45) is 0. The van der Waals surface area contributed by atoms with Crippen LogP contribution in [0.1, 0.15) is 0 Å². The molecule has 0 aliphatic heterocycles. The molecular formula is C16H11N3O2. The third-order valence-corrected chi connectivity index (χ3v) is 3.57. The molecule has 0 saturated heterocycles. The van der Waals surface area contributed by atoms with Crippen molar-refractivity contribution >= 4 is 21.9 Å². The van der Waals surface area contributed by atoms with Crippen molar-refractivity contribution in [2.75, 3.05) is 0 Å². The monoisotopic (exact) mass is 277 g/mol. The summed E-state index contributed by atoms with van der Waals surface area (Å²) in [6, 6.07) is 16.4. The third-order valence-electron chi connectivity index (χ3n) is 3.57. The number of nitrogens with one attached hydrogen (secondary N) is 2. The molecule has 2 heterocycles. The lowest BCUT2D eigenvalue weighted by atomic mass is 10.2. The molecule has 2 aromatic carbocycles. The number of para-hydroxylation sites is 2. The van der Waals surface area contributed by atoms with Crippen LogP contribution in [0.5, 0.6) is 0 Å². The number of aromatic amines is 2. The Hall–Kier alpha value is -3.08. The fourth-order valence-corrected chi connectivity index (χ4v) is 2.61. The van der Waals surface area contributed by atoms with Crippen LogP contribution in [-0.2, 0) is 0 Å². The van der Waals surface area contributed by atoms with Crippen molar-refractivity contribution in [1.29, 1.82) is 0 Å². The second-order valence-electron chi connectivity index (χ2n) is 4.83. The van der Waals surface area contributed by atoms with Gasteiger partial charge in [0.15, 0.2) is 0 Å². The van der Waals surface area contributed by atoms with E-state index >= 15 is 0 Å². The Morgan fingerprint density at radius 3 is 2.29 bits per heavy atom. The summed E-state index contributed by atoms with van der Waals surface area (Å²) in [5.41, 5.74) is 1.53. The van der Waals surface area contributed by atoms with Gasteiger partial charge >= 0.3 is 5.69 Å². The number of H-pyrrole nitrogens is 2. The molecule has 5 heteroatoms. The lowest BCUT2D eigenvalue weighted by Gasteiger charge is -2.03. The number of rotatable bonds is 1. The van der Waals surface area contributed by atoms with Crippen molar-refractivity contribution in [3.63, 3.8) is 0 Å². The number of benzene rings is 2. The fourth-order valence-electron chi connectivity index (χ4n) is 2.61. The molecule has 0 unspecified atom stereocenters. The van der Waals surface area contributed by atoms with Gasteiger partial charge in [-0.1, -0.05) is 36.4 Å². The zero-order valence-corrected chi connectivity index (χ0v) is 11.0. The summed E-state index contributed by atoms with van der Waals surface area (Å²) in [6.45, 7) is 0. The first kappa shape index (κ1) is 11.7. The van der Waals surface area contributed by atoms with Gasteiger partial charge in [0.2, 0.25) is 0 Å². The summed E-state index contributed by atoms with van der Waals surface area (Å²) in [4.78, 5) is 30.8. The average molecular weight is 277 g/mol. The Balaban J connectivity index is 2.18. The number of nitrogens with zero attached hydrogens (tertiary/aromatic N) is 1. The lowest BCUT2D eigenvalue weighted by Crippen LogP contribution is -2.33. The SMILES string of the molecule is O=c1[nH]c2c([nH]c3ccccc32)c(=O)n1-c1ccccc1. The highest BCUT2D eigenvalue weighted by molar-refractivity contribution is 6.04. The second-order valence-corrected chi connectivity index (χ2v) is 4.83. The molecule has 4 aromatic rings. The van der Waals surface area contributed by atoms with Crippen molar-refractivity contribution in [3.8, 4) is 5.69 Å². The van der Waals surface area contributed by atoms with E-state index in [-0.39, 0.29) is 5.56 Å². The highest BCUT2D eigenvalue weighted by Gasteiger charge is 2.13. The van der Waals surface area contributed by atoms with E-state index in [9.17, 15) is 9.59 Å². The summed E-state index contributed by atoms with van der Waals surface area (Å²) >= 11 is 0. The van der Waals surface area contributed by atoms with E-state index in [2.05, 4.69) is 9.97 Å². The van der Waals surface area contributed by atoms with Crippen LogP contribution in [0.3, 0.4) is 0 Å². The van der Waals surface area contributed by atoms with Crippen LogP contribution >= 0.6 is 0 Å². The zero-order valence-electron chi connectivity index (χ0n) is 11.0. The van der Waals surface area contributed by atoms with Crippen LogP contribution in [0.15, 0.2) is 64.2 Å². The van der Waals surface area contributed by atoms with E-state index in [0.29, 0.717) is 16.7 Å². The van der Waals surface area contributed by atoms with Gasteiger partial charge in [-0.05, 0) is 18.2 Å². The van der Waals surface area contributed by atoms with Crippen LogP contribution < -0.4 is 11.2 Å². The zero-order chi connectivity index (χ0) is 14.4. The maximum absolute atomic E-state index is 12.6. The molecule has 0 radical (unpaired) electrons. The minimum absolute atomic E-state index is 0.351. The second kappa shape index (κ2) is 4.21. The van der Waals surface area contributed by atoms with Gasteiger partial charge in [0.1, 0.15) is 5.52 Å². The smallest absolute Gasteiger partial charge is 0.333 e. The van der Waals surface area contributed by atoms with Crippen molar-refractivity contribution in [1.82, 2.24) is 14.5 Å². The summed E-state index contributed by atoms with van der Waals surface area (Å²) in [5.74, 6) is 0. The molecule has 2 aromatic heterocycles. The average Bonchev–Trinajstić information content (AvgIpc) is 2.88. The van der Waals surface area contributed by atoms with Gasteiger partial charge in [-0.3, -0.25) is 4.79 Å². The van der Waals surface area contributed by atoms with E-state index in [1.807, 2.05) is 30.3 Å². The number of hydrogen-bond acceptors (Lipinski definition) is 2. The number of fused-ring (bicyclic) bond motifs is 3. The van der Waals surface area contributed by atoms with Crippen LogP contribution in [0.2, 0.25) is 0 Å². The van der Waals surface area contributed by atoms with Gasteiger partial charge in [0, 0.05) is 10.9 Å². The largest absolute Gasteiger partial charge is 0.349 e. The van der Waals surface area contributed by atoms with Crippen LogP contribution in [0.4, 0.5) is 0 Å². The standard InChI is InChI=1S/C16H11N3O2/c20-15-14-13(11-8-4-5-9-12(11)17-14)18-16(21)19(15)10-6-2-1-3-7-10/h1-9,17H,(H,18,21). The van der Waals surface area contributed by atoms with Gasteiger partial charge < -0.3 is 9.97 Å².